The molecular formula is C33H41F3N8OS2. The number of nitrogens with one attached hydrogen (secondary N) is 1. The molecule has 0 amide bonds. The summed E-state index contributed by atoms with van der Waals surface area (Å²) in [6.45, 7) is 12.2. The van der Waals surface area contributed by atoms with Gasteiger partial charge < -0.3 is 9.88 Å². The lowest BCUT2D eigenvalue weighted by Crippen LogP contribution is -2.57. The van der Waals surface area contributed by atoms with Gasteiger partial charge in [0, 0.05) is 86.0 Å². The normalized spacial score (nSPS) is 21.4. The quantitative estimate of drug-likeness (QED) is 0.242. The van der Waals surface area contributed by atoms with Gasteiger partial charge in [-0.3, -0.25) is 9.80 Å². The van der Waals surface area contributed by atoms with Gasteiger partial charge in [0.2, 0.25) is 0 Å². The first-order chi connectivity index (χ1) is 22.4. The molecule has 252 valence electrons. The van der Waals surface area contributed by atoms with Crippen LogP contribution in [0.15, 0.2) is 30.6 Å². The molecule has 2 saturated heterocycles. The second-order valence-electron chi connectivity index (χ2n) is 13.0. The summed E-state index contributed by atoms with van der Waals surface area (Å²) in [5.41, 5.74) is 4.17. The van der Waals surface area contributed by atoms with Crippen molar-refractivity contribution in [1.82, 2.24) is 28.6 Å². The first kappa shape index (κ1) is 33.8. The maximum Gasteiger partial charge on any atom is 0.393 e. The van der Waals surface area contributed by atoms with Gasteiger partial charge in [-0.1, -0.05) is 6.07 Å². The molecule has 0 saturated carbocycles. The number of fused-ring (bicyclic) bond motifs is 2. The molecule has 2 unspecified atom stereocenters. The van der Waals surface area contributed by atoms with E-state index in [0.29, 0.717) is 28.3 Å². The van der Waals surface area contributed by atoms with Crippen molar-refractivity contribution in [2.75, 3.05) is 44.3 Å². The highest BCUT2D eigenvalue weighted by molar-refractivity contribution is 7.81. The molecule has 3 aromatic heterocycles. The van der Waals surface area contributed by atoms with Crippen LogP contribution in [0, 0.1) is 18.3 Å². The highest BCUT2D eigenvalue weighted by Crippen LogP contribution is 2.33. The minimum absolute atomic E-state index is 0.171. The van der Waals surface area contributed by atoms with Crippen molar-refractivity contribution in [2.45, 2.75) is 77.4 Å². The number of rotatable bonds is 9. The summed E-state index contributed by atoms with van der Waals surface area (Å²) in [6.07, 6.45) is -0.276. The van der Waals surface area contributed by atoms with Crippen molar-refractivity contribution in [3.63, 3.8) is 0 Å². The number of piperidine rings is 1. The number of hydrogen-bond donors (Lipinski definition) is 1. The van der Waals surface area contributed by atoms with Crippen LogP contribution in [0.25, 0.3) is 21.1 Å². The van der Waals surface area contributed by atoms with E-state index in [2.05, 4.69) is 72.9 Å². The number of thiophene rings is 1. The Morgan fingerprint density at radius 2 is 1.79 bits per heavy atom. The average molecular weight is 687 g/mol. The van der Waals surface area contributed by atoms with E-state index in [1.54, 1.807) is 12.3 Å². The van der Waals surface area contributed by atoms with E-state index < -0.39 is 23.6 Å². The topological polar surface area (TPSA) is 93.3 Å². The molecule has 2 fully saturated rings. The summed E-state index contributed by atoms with van der Waals surface area (Å²) in [6, 6.07) is 10.9. The fourth-order valence-corrected chi connectivity index (χ4v) is 9.52. The van der Waals surface area contributed by atoms with E-state index >= 15 is 0 Å². The van der Waals surface area contributed by atoms with Gasteiger partial charge in [-0.25, -0.2) is 18.5 Å². The van der Waals surface area contributed by atoms with Crippen LogP contribution in [0.4, 0.5) is 19.0 Å². The van der Waals surface area contributed by atoms with Crippen molar-refractivity contribution in [3.05, 3.63) is 52.3 Å². The number of halogens is 3. The van der Waals surface area contributed by atoms with E-state index in [0.717, 1.165) is 74.3 Å². The van der Waals surface area contributed by atoms with Gasteiger partial charge >= 0.3 is 6.18 Å². The first-order valence-electron chi connectivity index (χ1n) is 16.0. The number of anilines is 1. The van der Waals surface area contributed by atoms with E-state index in [-0.39, 0.29) is 23.0 Å². The van der Waals surface area contributed by atoms with Gasteiger partial charge in [-0.15, -0.1) is 11.3 Å². The Hall–Kier alpha value is -3.09. The van der Waals surface area contributed by atoms with Gasteiger partial charge in [-0.2, -0.15) is 18.4 Å². The third-order valence-electron chi connectivity index (χ3n) is 9.51. The molecule has 0 aliphatic carbocycles. The number of benzene rings is 1. The maximum absolute atomic E-state index is 12.9. The van der Waals surface area contributed by atoms with Crippen LogP contribution in [-0.4, -0.2) is 96.1 Å². The van der Waals surface area contributed by atoms with Crippen molar-refractivity contribution >= 4 is 49.3 Å². The SMILES string of the molecule is Cc1c(CN2CCC(Nc3ncnc4sc(CC(F)(F)F)cc34)CC2)ccc2c1cc(C#N)n2CCN1CC(C)N(S(C)=O)[C@H](C)C1. The van der Waals surface area contributed by atoms with Crippen LogP contribution < -0.4 is 5.32 Å². The number of nitrogens with zero attached hydrogens (tertiary/aromatic N) is 7. The molecule has 2 aliphatic heterocycles. The monoisotopic (exact) mass is 686 g/mol. The molecule has 0 spiro atoms. The van der Waals surface area contributed by atoms with Crippen LogP contribution in [0.1, 0.15) is 48.4 Å². The van der Waals surface area contributed by atoms with Gasteiger partial charge in [-0.05, 0) is 62.9 Å². The number of nitriles is 1. The first-order valence-corrected chi connectivity index (χ1v) is 18.4. The second kappa shape index (κ2) is 13.8. The summed E-state index contributed by atoms with van der Waals surface area (Å²) >= 11 is 1.07. The minimum atomic E-state index is -4.26. The Morgan fingerprint density at radius 3 is 2.45 bits per heavy atom. The summed E-state index contributed by atoms with van der Waals surface area (Å²) in [5, 5.41) is 15.2. The molecule has 0 bridgehead atoms. The summed E-state index contributed by atoms with van der Waals surface area (Å²) < 4.78 is 55.2. The number of alkyl halides is 3. The molecule has 1 aromatic carbocycles. The highest BCUT2D eigenvalue weighted by Gasteiger charge is 2.32. The molecule has 6 rings (SSSR count). The van der Waals surface area contributed by atoms with E-state index in [1.807, 2.05) is 6.07 Å². The predicted molar refractivity (Wildman–Crippen MR) is 182 cm³/mol. The lowest BCUT2D eigenvalue weighted by atomic mass is 10.0. The molecule has 14 heteroatoms. The zero-order chi connectivity index (χ0) is 33.5. The second-order valence-corrected chi connectivity index (χ2v) is 15.3. The third kappa shape index (κ3) is 7.49. The van der Waals surface area contributed by atoms with Crippen LogP contribution in [-0.2, 0) is 30.5 Å². The Labute approximate surface area is 280 Å². The van der Waals surface area contributed by atoms with E-state index in [4.69, 9.17) is 0 Å². The average Bonchev–Trinajstić information content (AvgIpc) is 3.58. The number of piperazine rings is 1. The maximum atomic E-state index is 12.9. The molecule has 9 nitrogen and oxygen atoms in total. The number of hydrogen-bond acceptors (Lipinski definition) is 8. The molecule has 47 heavy (non-hydrogen) atoms. The molecular weight excluding hydrogens is 646 g/mol. The van der Waals surface area contributed by atoms with E-state index in [1.165, 1.54) is 17.5 Å². The van der Waals surface area contributed by atoms with Crippen molar-refractivity contribution in [1.29, 1.82) is 5.26 Å². The highest BCUT2D eigenvalue weighted by atomic mass is 32.2. The van der Waals surface area contributed by atoms with Gasteiger partial charge in [0.05, 0.1) is 22.8 Å². The smallest absolute Gasteiger partial charge is 0.367 e. The summed E-state index contributed by atoms with van der Waals surface area (Å²) in [7, 11) is -0.991. The molecule has 0 radical (unpaired) electrons. The number of aryl methyl sites for hydroxylation is 1. The Balaban J connectivity index is 1.08. The van der Waals surface area contributed by atoms with E-state index in [9.17, 15) is 22.6 Å². The fourth-order valence-electron chi connectivity index (χ4n) is 7.35. The van der Waals surface area contributed by atoms with Crippen molar-refractivity contribution in [2.24, 2.45) is 0 Å². The largest absolute Gasteiger partial charge is 0.393 e. The molecule has 1 N–H and O–H groups in total. The van der Waals surface area contributed by atoms with Crippen LogP contribution >= 0.6 is 11.3 Å². The lowest BCUT2D eigenvalue weighted by molar-refractivity contribution is -0.126. The van der Waals surface area contributed by atoms with Gasteiger partial charge in [0.15, 0.2) is 0 Å². The molecule has 2 aliphatic rings. The van der Waals surface area contributed by atoms with Gasteiger partial charge in [0.1, 0.15) is 28.7 Å². The minimum Gasteiger partial charge on any atom is -0.367 e. The van der Waals surface area contributed by atoms with Crippen LogP contribution in [0.2, 0.25) is 0 Å². The van der Waals surface area contributed by atoms with Crippen molar-refractivity contribution in [3.8, 4) is 6.07 Å². The Morgan fingerprint density at radius 1 is 1.06 bits per heavy atom. The fraction of sp³-hybridized carbons (Fsp3) is 0.545. The van der Waals surface area contributed by atoms with Crippen molar-refractivity contribution < 1.29 is 17.4 Å². The zero-order valence-electron chi connectivity index (χ0n) is 27.2. The summed E-state index contributed by atoms with van der Waals surface area (Å²) in [4.78, 5) is 14.2. The zero-order valence-corrected chi connectivity index (χ0v) is 28.8. The predicted octanol–water partition coefficient (Wildman–Crippen LogP) is 5.70. The van der Waals surface area contributed by atoms with Crippen LogP contribution in [0.3, 0.4) is 0 Å². The summed E-state index contributed by atoms with van der Waals surface area (Å²) in [5.74, 6) is 0.598. The number of aromatic nitrogens is 3. The molecule has 4 aromatic rings. The lowest BCUT2D eigenvalue weighted by Gasteiger charge is -2.42. The Bertz CT molecular complexity index is 1800. The molecule has 5 heterocycles. The Kier molecular flexibility index (Phi) is 9.92. The standard InChI is InChI=1S/C33H41F3N8OS2/c1-21-17-42(18-22(2)44(21)47(4)45)11-12-43-26(16-37)13-28-23(3)24(5-6-30(28)43)19-41-9-7-25(8-10-41)40-31-29-14-27(15-33(34,35)36)46-32(29)39-20-38-31/h5-6,13-14,20-22,25H,7-12,15,17-19H2,1-4H3,(H,38,39,40)/t21-,22?,47?/m1/s1. The van der Waals surface area contributed by atoms with Gasteiger partial charge in [0.25, 0.3) is 0 Å². The third-order valence-corrected chi connectivity index (χ3v) is 11.9. The molecule has 3 atom stereocenters. The number of likely N-dealkylation sites (tertiary alicyclic amines) is 1. The van der Waals surface area contributed by atoms with Crippen LogP contribution in [0.5, 0.6) is 0 Å².